The van der Waals surface area contributed by atoms with Gasteiger partial charge in [-0.25, -0.2) is 4.98 Å². The summed E-state index contributed by atoms with van der Waals surface area (Å²) < 4.78 is 0. The van der Waals surface area contributed by atoms with Gasteiger partial charge in [-0.1, -0.05) is 41.6 Å². The predicted octanol–water partition coefficient (Wildman–Crippen LogP) is 3.01. The smallest absolute Gasteiger partial charge is 0.159 e. The van der Waals surface area contributed by atoms with Crippen LogP contribution in [-0.4, -0.2) is 4.98 Å². The summed E-state index contributed by atoms with van der Waals surface area (Å²) in [5.74, 6) is 5.94. The topological polar surface area (TPSA) is 36.7 Å². The van der Waals surface area contributed by atoms with Gasteiger partial charge in [-0.15, -0.1) is 0 Å². The van der Waals surface area contributed by atoms with Crippen molar-refractivity contribution in [2.24, 2.45) is 0 Å². The summed E-state index contributed by atoms with van der Waals surface area (Å²) in [5, 5.41) is 9.01. The van der Waals surface area contributed by atoms with Gasteiger partial charge in [-0.2, -0.15) is 5.26 Å². The largest absolute Gasteiger partial charge is 0.243 e. The van der Waals surface area contributed by atoms with Gasteiger partial charge in [0.1, 0.15) is 6.07 Å². The Morgan fingerprint density at radius 3 is 2.41 bits per heavy atom. The molecule has 80 valence electrons. The quantitative estimate of drug-likeness (QED) is 0.662. The molecule has 1 aromatic heterocycles. The third-order valence-corrected chi connectivity index (χ3v) is 2.36. The van der Waals surface area contributed by atoms with E-state index in [1.807, 2.05) is 36.4 Å². The summed E-state index contributed by atoms with van der Waals surface area (Å²) in [7, 11) is 0. The van der Waals surface area contributed by atoms with Crippen molar-refractivity contribution in [2.75, 3.05) is 0 Å². The third kappa shape index (κ3) is 2.84. The average Bonchev–Trinajstić information content (AvgIpc) is 2.38. The van der Waals surface area contributed by atoms with E-state index in [1.54, 1.807) is 12.3 Å². The zero-order valence-electron chi connectivity index (χ0n) is 8.81. The van der Waals surface area contributed by atoms with Crippen molar-refractivity contribution in [1.29, 1.82) is 5.26 Å². The molecule has 1 heterocycles. The Labute approximate surface area is 104 Å². The monoisotopic (exact) mass is 238 g/mol. The standard InChI is InChI=1S/C14H7ClN2/c15-13-8-12(10-17-14(13)9-16)7-6-11-4-2-1-3-5-11/h1-5,8,10H. The van der Waals surface area contributed by atoms with E-state index in [-0.39, 0.29) is 5.69 Å². The molecule has 17 heavy (non-hydrogen) atoms. The Hall–Kier alpha value is -2.29. The molecular weight excluding hydrogens is 232 g/mol. The molecule has 0 bridgehead atoms. The normalized spacial score (nSPS) is 8.94. The van der Waals surface area contributed by atoms with Crippen LogP contribution in [0.15, 0.2) is 42.6 Å². The van der Waals surface area contributed by atoms with Gasteiger partial charge in [0, 0.05) is 17.3 Å². The fourth-order valence-electron chi connectivity index (χ4n) is 1.25. The molecule has 0 saturated carbocycles. The van der Waals surface area contributed by atoms with Crippen molar-refractivity contribution in [3.8, 4) is 17.9 Å². The van der Waals surface area contributed by atoms with Gasteiger partial charge in [-0.05, 0) is 18.2 Å². The highest BCUT2D eigenvalue weighted by Gasteiger charge is 2.00. The molecule has 2 aromatic rings. The molecule has 0 saturated heterocycles. The van der Waals surface area contributed by atoms with Gasteiger partial charge in [0.25, 0.3) is 0 Å². The first kappa shape index (κ1) is 11.2. The zero-order chi connectivity index (χ0) is 12.1. The second-order valence-electron chi connectivity index (χ2n) is 3.28. The van der Waals surface area contributed by atoms with Crippen LogP contribution in [-0.2, 0) is 0 Å². The van der Waals surface area contributed by atoms with Crippen molar-refractivity contribution in [2.45, 2.75) is 0 Å². The van der Waals surface area contributed by atoms with Crippen LogP contribution in [0.25, 0.3) is 0 Å². The lowest BCUT2D eigenvalue weighted by molar-refractivity contribution is 1.25. The maximum absolute atomic E-state index is 8.68. The summed E-state index contributed by atoms with van der Waals surface area (Å²) in [6, 6.07) is 13.2. The van der Waals surface area contributed by atoms with Gasteiger partial charge >= 0.3 is 0 Å². The van der Waals surface area contributed by atoms with Crippen LogP contribution in [0.5, 0.6) is 0 Å². The number of rotatable bonds is 0. The van der Waals surface area contributed by atoms with Gasteiger partial charge < -0.3 is 0 Å². The third-order valence-electron chi connectivity index (χ3n) is 2.07. The summed E-state index contributed by atoms with van der Waals surface area (Å²) in [6.07, 6.45) is 1.54. The van der Waals surface area contributed by atoms with Crippen LogP contribution in [0.2, 0.25) is 5.02 Å². The van der Waals surface area contributed by atoms with E-state index in [2.05, 4.69) is 16.8 Å². The molecule has 0 aliphatic rings. The number of benzene rings is 1. The molecule has 0 unspecified atom stereocenters. The number of halogens is 1. The van der Waals surface area contributed by atoms with Crippen LogP contribution in [0.4, 0.5) is 0 Å². The molecule has 0 N–H and O–H groups in total. The molecule has 0 amide bonds. The maximum Gasteiger partial charge on any atom is 0.159 e. The Morgan fingerprint density at radius 2 is 1.76 bits per heavy atom. The summed E-state index contributed by atoms with van der Waals surface area (Å²) in [5.41, 5.74) is 1.84. The molecule has 0 aliphatic carbocycles. The zero-order valence-corrected chi connectivity index (χ0v) is 9.57. The number of hydrogen-bond donors (Lipinski definition) is 0. The minimum absolute atomic E-state index is 0.219. The Morgan fingerprint density at radius 1 is 1.06 bits per heavy atom. The van der Waals surface area contributed by atoms with Gasteiger partial charge in [0.05, 0.1) is 5.02 Å². The molecule has 2 nitrogen and oxygen atoms in total. The molecule has 0 radical (unpaired) electrons. The van der Waals surface area contributed by atoms with Crippen LogP contribution in [0, 0.1) is 23.2 Å². The lowest BCUT2D eigenvalue weighted by atomic mass is 10.2. The molecule has 3 heteroatoms. The first-order valence-electron chi connectivity index (χ1n) is 4.92. The van der Waals surface area contributed by atoms with Crippen LogP contribution in [0.3, 0.4) is 0 Å². The fourth-order valence-corrected chi connectivity index (χ4v) is 1.46. The molecule has 0 aliphatic heterocycles. The van der Waals surface area contributed by atoms with E-state index in [0.717, 1.165) is 5.56 Å². The molecule has 0 atom stereocenters. The molecule has 0 fully saturated rings. The molecule has 1 aromatic carbocycles. The summed E-state index contributed by atoms with van der Waals surface area (Å²) in [6.45, 7) is 0. The molecule has 2 rings (SSSR count). The Bertz CT molecular complexity index is 631. The second kappa shape index (κ2) is 5.16. The van der Waals surface area contributed by atoms with Gasteiger partial charge in [-0.3, -0.25) is 0 Å². The number of aromatic nitrogens is 1. The van der Waals surface area contributed by atoms with E-state index in [4.69, 9.17) is 16.9 Å². The average molecular weight is 239 g/mol. The van der Waals surface area contributed by atoms with E-state index >= 15 is 0 Å². The lowest BCUT2D eigenvalue weighted by Crippen LogP contribution is -1.85. The molecular formula is C14H7ClN2. The molecule has 0 spiro atoms. The second-order valence-corrected chi connectivity index (χ2v) is 3.69. The number of pyridine rings is 1. The number of nitriles is 1. The van der Waals surface area contributed by atoms with Gasteiger partial charge in [0.15, 0.2) is 5.69 Å². The highest BCUT2D eigenvalue weighted by atomic mass is 35.5. The summed E-state index contributed by atoms with van der Waals surface area (Å²) >= 11 is 5.86. The van der Waals surface area contributed by atoms with Crippen molar-refractivity contribution in [3.05, 3.63) is 64.4 Å². The Balaban J connectivity index is 2.30. The van der Waals surface area contributed by atoms with Crippen LogP contribution >= 0.6 is 11.6 Å². The number of hydrogen-bond acceptors (Lipinski definition) is 2. The van der Waals surface area contributed by atoms with E-state index in [1.165, 1.54) is 0 Å². The predicted molar refractivity (Wildman–Crippen MR) is 66.4 cm³/mol. The number of nitrogens with zero attached hydrogens (tertiary/aromatic N) is 2. The SMILES string of the molecule is N#Cc1ncc(C#Cc2ccccc2)cc1Cl. The van der Waals surface area contributed by atoms with Crippen molar-refractivity contribution in [1.82, 2.24) is 4.98 Å². The first-order valence-corrected chi connectivity index (χ1v) is 5.30. The van der Waals surface area contributed by atoms with Crippen molar-refractivity contribution in [3.63, 3.8) is 0 Å². The highest BCUT2D eigenvalue weighted by molar-refractivity contribution is 6.31. The van der Waals surface area contributed by atoms with Crippen molar-refractivity contribution >= 4 is 11.6 Å². The van der Waals surface area contributed by atoms with E-state index in [9.17, 15) is 0 Å². The van der Waals surface area contributed by atoms with Crippen LogP contribution in [0.1, 0.15) is 16.8 Å². The minimum atomic E-state index is 0.219. The minimum Gasteiger partial charge on any atom is -0.243 e. The first-order chi connectivity index (χ1) is 8.29. The lowest BCUT2D eigenvalue weighted by Gasteiger charge is -1.94. The summed E-state index contributed by atoms with van der Waals surface area (Å²) in [4.78, 5) is 3.91. The van der Waals surface area contributed by atoms with Crippen LogP contribution < -0.4 is 0 Å². The van der Waals surface area contributed by atoms with Crippen molar-refractivity contribution < 1.29 is 0 Å². The fraction of sp³-hybridized carbons (Fsp3) is 0. The highest BCUT2D eigenvalue weighted by Crippen LogP contribution is 2.13. The van der Waals surface area contributed by atoms with E-state index in [0.29, 0.717) is 10.6 Å². The van der Waals surface area contributed by atoms with E-state index < -0.39 is 0 Å². The van der Waals surface area contributed by atoms with Gasteiger partial charge in [0.2, 0.25) is 0 Å². The Kier molecular flexibility index (Phi) is 3.40. The maximum atomic E-state index is 8.68.